The summed E-state index contributed by atoms with van der Waals surface area (Å²) in [4.78, 5) is 19.9. The van der Waals surface area contributed by atoms with Crippen LogP contribution in [0.1, 0.15) is 11.4 Å². The third kappa shape index (κ3) is 8.38. The fourth-order valence-electron chi connectivity index (χ4n) is 3.41. The van der Waals surface area contributed by atoms with E-state index < -0.39 is 55.1 Å². The molecular weight excluding hydrogens is 597 g/mol. The number of amides is 1. The number of nitrogens with one attached hydrogen (secondary N) is 4. The fraction of sp³-hybridized carbons (Fsp3) is 0.381. The number of halogens is 3. The maximum absolute atomic E-state index is 13.7. The summed E-state index contributed by atoms with van der Waals surface area (Å²) in [7, 11) is -4.78. The summed E-state index contributed by atoms with van der Waals surface area (Å²) in [6, 6.07) is 3.91. The summed E-state index contributed by atoms with van der Waals surface area (Å²) in [6.07, 6.45) is -4.14. The molecule has 0 radical (unpaired) electrons. The molecule has 4 N–H and O–H groups in total. The number of H-pyrrole nitrogens is 1. The number of carbonyl (C=O) groups excluding carboxylic acids is 1. The van der Waals surface area contributed by atoms with Crippen LogP contribution < -0.4 is 24.2 Å². The second kappa shape index (κ2) is 11.7. The van der Waals surface area contributed by atoms with Crippen LogP contribution in [0.4, 0.5) is 35.2 Å². The van der Waals surface area contributed by atoms with Gasteiger partial charge in [0.05, 0.1) is 23.9 Å². The molecule has 3 rings (SSSR count). The van der Waals surface area contributed by atoms with Gasteiger partial charge in [-0.15, -0.1) is 0 Å². The van der Waals surface area contributed by atoms with Crippen LogP contribution in [0.3, 0.4) is 0 Å². The van der Waals surface area contributed by atoms with Gasteiger partial charge in [0.15, 0.2) is 0 Å². The third-order valence-corrected chi connectivity index (χ3v) is 6.11. The molecule has 224 valence electrons. The van der Waals surface area contributed by atoms with E-state index in [0.29, 0.717) is 0 Å². The molecule has 0 unspecified atom stereocenters. The monoisotopic (exact) mass is 622 g/mol. The lowest BCUT2D eigenvalue weighted by Crippen LogP contribution is -2.26. The van der Waals surface area contributed by atoms with Gasteiger partial charge in [-0.25, -0.2) is 26.7 Å². The number of fused-ring (bicyclic) bond motifs is 1. The van der Waals surface area contributed by atoms with Gasteiger partial charge in [0, 0.05) is 39.2 Å². The lowest BCUT2D eigenvalue weighted by atomic mass is 10.3. The van der Waals surface area contributed by atoms with Crippen LogP contribution in [0.25, 0.3) is 10.5 Å². The van der Waals surface area contributed by atoms with E-state index in [0.717, 1.165) is 21.9 Å². The summed E-state index contributed by atoms with van der Waals surface area (Å²) in [5.41, 5.74) is -1.74. The predicted molar refractivity (Wildman–Crippen MR) is 141 cm³/mol. The van der Waals surface area contributed by atoms with E-state index in [9.17, 15) is 34.8 Å². The number of benzene rings is 1. The van der Waals surface area contributed by atoms with E-state index in [1.807, 2.05) is 0 Å². The molecule has 0 aliphatic rings. The molecule has 0 fully saturated rings. The number of ether oxygens (including phenoxy) is 2. The van der Waals surface area contributed by atoms with E-state index in [2.05, 4.69) is 29.7 Å². The van der Waals surface area contributed by atoms with E-state index in [-0.39, 0.29) is 42.6 Å². The first-order valence-corrected chi connectivity index (χ1v) is 15.1. The smallest absolute Gasteiger partial charge is 0.414 e. The third-order valence-electron chi connectivity index (χ3n) is 4.90. The summed E-state index contributed by atoms with van der Waals surface area (Å²) in [5, 5.41) is 5.47. The van der Waals surface area contributed by atoms with Crippen molar-refractivity contribution >= 4 is 49.0 Å². The van der Waals surface area contributed by atoms with Crippen LogP contribution in [-0.2, 0) is 32.6 Å². The van der Waals surface area contributed by atoms with Gasteiger partial charge in [-0.05, 0) is 6.07 Å². The zero-order chi connectivity index (χ0) is 30.8. The summed E-state index contributed by atoms with van der Waals surface area (Å²) >= 11 is 0. The average Bonchev–Trinajstić information content (AvgIpc) is 3.33. The lowest BCUT2D eigenvalue weighted by Gasteiger charge is -2.13. The first-order valence-electron chi connectivity index (χ1n) is 11.3. The number of alkyl halides is 3. The molecule has 0 bridgehead atoms. The second-order valence-electron chi connectivity index (χ2n) is 8.76. The zero-order valence-electron chi connectivity index (χ0n) is 22.0. The zero-order valence-corrected chi connectivity index (χ0v) is 23.6. The molecular formula is C21H25F3N8O7S2. The normalized spacial score (nSPS) is 12.1. The minimum Gasteiger partial charge on any atom is -0.478 e. The average molecular weight is 623 g/mol. The Morgan fingerprint density at radius 1 is 1.12 bits per heavy atom. The number of sulfonamides is 2. The summed E-state index contributed by atoms with van der Waals surface area (Å²) in [5.74, 6) is -1.49. The van der Waals surface area contributed by atoms with Gasteiger partial charge < -0.3 is 19.2 Å². The van der Waals surface area contributed by atoms with Crippen LogP contribution in [-0.4, -0.2) is 82.3 Å². The minimum absolute atomic E-state index is 0.0437. The Kier molecular flexibility index (Phi) is 8.95. The van der Waals surface area contributed by atoms with Gasteiger partial charge in [0.1, 0.15) is 23.9 Å². The van der Waals surface area contributed by atoms with Crippen molar-refractivity contribution in [2.45, 2.75) is 12.6 Å². The van der Waals surface area contributed by atoms with Gasteiger partial charge in [0.25, 0.3) is 11.5 Å². The Hall–Kier alpha value is -4.22. The molecule has 0 saturated heterocycles. The van der Waals surface area contributed by atoms with E-state index >= 15 is 0 Å². The van der Waals surface area contributed by atoms with E-state index in [4.69, 9.17) is 16.0 Å². The molecule has 2 aromatic heterocycles. The number of nitrogens with zero attached hydrogens (tertiary/aromatic N) is 4. The first kappa shape index (κ1) is 31.3. The Balaban J connectivity index is 1.73. The van der Waals surface area contributed by atoms with Crippen molar-refractivity contribution in [2.75, 3.05) is 49.3 Å². The molecule has 1 aromatic carbocycles. The number of hydrogen-bond acceptors (Lipinski definition) is 9. The highest BCUT2D eigenvalue weighted by Gasteiger charge is 2.43. The number of rotatable bonds is 11. The topological polar surface area (TPSA) is 181 Å². The Morgan fingerprint density at radius 2 is 1.71 bits per heavy atom. The van der Waals surface area contributed by atoms with Crippen molar-refractivity contribution in [2.24, 2.45) is 0 Å². The molecule has 0 aliphatic heterocycles. The van der Waals surface area contributed by atoms with Crippen molar-refractivity contribution in [1.29, 1.82) is 0 Å². The van der Waals surface area contributed by atoms with Crippen LogP contribution in [0.5, 0.6) is 11.5 Å². The fourth-order valence-corrected chi connectivity index (χ4v) is 4.50. The predicted octanol–water partition coefficient (Wildman–Crippen LogP) is 2.20. The second-order valence-corrected chi connectivity index (χ2v) is 12.3. The van der Waals surface area contributed by atoms with Crippen LogP contribution in [0, 0.1) is 6.57 Å². The van der Waals surface area contributed by atoms with Crippen molar-refractivity contribution in [3.63, 3.8) is 0 Å². The van der Waals surface area contributed by atoms with Crippen molar-refractivity contribution in [3.8, 4) is 11.5 Å². The maximum atomic E-state index is 13.7. The SMILES string of the molecule is [C-]#[N+]c1c(C(F)(F)F)c(OC(=O)N(C)C)c2nc(CCNCOc3cc(NS(C)(=O)=O)cc(NS(C)(=O)=O)c3)[nH]n12. The van der Waals surface area contributed by atoms with Crippen LogP contribution >= 0.6 is 0 Å². The molecule has 2 heterocycles. The maximum Gasteiger partial charge on any atom is 0.414 e. The molecule has 0 spiro atoms. The standard InChI is InChI=1S/C21H25F3N8O7S2/c1-25-18-16(21(22,23)24)17(39-20(33)31(2)3)19-27-15(28-32(18)19)6-7-26-11-38-14-9-12(29-40(4,34)35)8-13(10-14)30-41(5,36)37/h8-10,26,29-30H,6-7,11H2,2-5H3,(H,27,28). The van der Waals surface area contributed by atoms with E-state index in [1.165, 1.54) is 32.3 Å². The molecule has 41 heavy (non-hydrogen) atoms. The van der Waals surface area contributed by atoms with E-state index in [1.54, 1.807) is 0 Å². The molecule has 3 aromatic rings. The quantitative estimate of drug-likeness (QED) is 0.142. The number of hydrogen-bond donors (Lipinski definition) is 4. The Morgan fingerprint density at radius 3 is 2.20 bits per heavy atom. The highest BCUT2D eigenvalue weighted by Crippen LogP contribution is 2.46. The van der Waals surface area contributed by atoms with Gasteiger partial charge in [-0.3, -0.25) is 14.8 Å². The Labute approximate surface area is 232 Å². The number of aromatic nitrogens is 3. The highest BCUT2D eigenvalue weighted by atomic mass is 32.2. The minimum atomic E-state index is -5.00. The van der Waals surface area contributed by atoms with Gasteiger partial charge in [-0.1, -0.05) is 6.57 Å². The summed E-state index contributed by atoms with van der Waals surface area (Å²) in [6.45, 7) is 7.26. The molecule has 1 amide bonds. The molecule has 0 aliphatic carbocycles. The van der Waals surface area contributed by atoms with Gasteiger partial charge in [0.2, 0.25) is 25.8 Å². The van der Waals surface area contributed by atoms with Gasteiger partial charge in [-0.2, -0.15) is 22.7 Å². The molecule has 15 nitrogen and oxygen atoms in total. The number of aromatic amines is 1. The lowest BCUT2D eigenvalue weighted by molar-refractivity contribution is -0.137. The largest absolute Gasteiger partial charge is 0.478 e. The van der Waals surface area contributed by atoms with Crippen molar-refractivity contribution in [3.05, 3.63) is 41.0 Å². The van der Waals surface area contributed by atoms with Crippen molar-refractivity contribution in [1.82, 2.24) is 24.8 Å². The highest BCUT2D eigenvalue weighted by molar-refractivity contribution is 7.92. The Bertz CT molecular complexity index is 1660. The molecule has 0 saturated carbocycles. The van der Waals surface area contributed by atoms with Crippen molar-refractivity contribution < 1.29 is 44.3 Å². The van der Waals surface area contributed by atoms with Crippen LogP contribution in [0.2, 0.25) is 0 Å². The molecule has 20 heteroatoms. The number of carbonyl (C=O) groups is 1. The molecule has 0 atom stereocenters. The summed E-state index contributed by atoms with van der Waals surface area (Å²) < 4.78 is 103. The number of anilines is 2. The first-order chi connectivity index (χ1) is 18.9. The van der Waals surface area contributed by atoms with Gasteiger partial charge >= 0.3 is 12.3 Å². The van der Waals surface area contributed by atoms with Crippen LogP contribution in [0.15, 0.2) is 18.2 Å².